The maximum absolute atomic E-state index is 11.7. The maximum atomic E-state index is 11.7. The van der Waals surface area contributed by atoms with E-state index in [1.54, 1.807) is 0 Å². The van der Waals surface area contributed by atoms with Crippen LogP contribution in [0.15, 0.2) is 78.5 Å². The fourth-order valence-electron chi connectivity index (χ4n) is 3.52. The summed E-state index contributed by atoms with van der Waals surface area (Å²) in [4.78, 5) is 16.0. The third kappa shape index (κ3) is 4.45. The lowest BCUT2D eigenvalue weighted by Gasteiger charge is -2.32. The summed E-state index contributed by atoms with van der Waals surface area (Å²) in [5, 5.41) is 6.57. The first-order valence-corrected chi connectivity index (χ1v) is 9.85. The van der Waals surface area contributed by atoms with Crippen molar-refractivity contribution in [1.82, 2.24) is 20.4 Å². The average Bonchev–Trinajstić information content (AvgIpc) is 3.15. The van der Waals surface area contributed by atoms with Crippen LogP contribution in [0.4, 0.5) is 0 Å². The topological polar surface area (TPSA) is 47.6 Å². The third-order valence-corrected chi connectivity index (χ3v) is 5.06. The second-order valence-corrected chi connectivity index (χ2v) is 6.67. The number of hydrogen-bond acceptors (Lipinski definition) is 5. The number of benzene rings is 2. The molecule has 5 nitrogen and oxygen atoms in total. The van der Waals surface area contributed by atoms with Gasteiger partial charge in [-0.1, -0.05) is 74.5 Å². The zero-order valence-corrected chi connectivity index (χ0v) is 16.6. The van der Waals surface area contributed by atoms with Gasteiger partial charge in [-0.05, 0) is 24.2 Å². The van der Waals surface area contributed by atoms with Crippen molar-refractivity contribution in [2.24, 2.45) is 0 Å². The Balaban J connectivity index is 1.90. The lowest BCUT2D eigenvalue weighted by atomic mass is 9.97. The molecule has 0 atom stereocenters. The molecule has 1 heterocycles. The molecule has 2 aromatic rings. The van der Waals surface area contributed by atoms with Crippen LogP contribution in [0.25, 0.3) is 0 Å². The van der Waals surface area contributed by atoms with Gasteiger partial charge < -0.3 is 15.5 Å². The number of hydrogen-bond donors (Lipinski definition) is 2. The minimum Gasteiger partial charge on any atom is -0.369 e. The quantitative estimate of drug-likeness (QED) is 0.659. The second kappa shape index (κ2) is 9.79. The van der Waals surface area contributed by atoms with Crippen molar-refractivity contribution in [2.75, 3.05) is 26.2 Å². The van der Waals surface area contributed by atoms with Crippen LogP contribution in [0, 0.1) is 0 Å². The highest BCUT2D eigenvalue weighted by atomic mass is 16.1. The number of rotatable bonds is 9. The number of nitrogens with one attached hydrogen (secondary N) is 2. The van der Waals surface area contributed by atoms with E-state index in [0.29, 0.717) is 5.82 Å². The zero-order chi connectivity index (χ0) is 19.8. The van der Waals surface area contributed by atoms with Crippen molar-refractivity contribution in [3.63, 3.8) is 0 Å². The van der Waals surface area contributed by atoms with Gasteiger partial charge in [0, 0.05) is 19.3 Å². The first-order valence-electron chi connectivity index (χ1n) is 9.85. The Morgan fingerprint density at radius 1 is 1.00 bits per heavy atom. The minimum absolute atomic E-state index is 0.124. The zero-order valence-electron chi connectivity index (χ0n) is 16.6. The Hall–Kier alpha value is -3.01. The van der Waals surface area contributed by atoms with Crippen LogP contribution in [-0.2, 0) is 4.79 Å². The summed E-state index contributed by atoms with van der Waals surface area (Å²) in [7, 11) is 0. The molecule has 28 heavy (non-hydrogen) atoms. The van der Waals surface area contributed by atoms with Gasteiger partial charge in [-0.15, -0.1) is 0 Å². The van der Waals surface area contributed by atoms with Gasteiger partial charge in [0.05, 0.1) is 6.04 Å². The molecule has 2 aromatic carbocycles. The SMILES string of the molecule is CCN(CC)CCNC1=CNC(=C=O)N1C(c1ccccc1)c1ccccc1. The smallest absolute Gasteiger partial charge is 0.199 e. The summed E-state index contributed by atoms with van der Waals surface area (Å²) < 4.78 is 0. The van der Waals surface area contributed by atoms with E-state index in [0.717, 1.165) is 43.1 Å². The summed E-state index contributed by atoms with van der Waals surface area (Å²) in [5.74, 6) is 3.36. The standard InChI is InChI=1S/C23H28N4O/c1-3-26(4-2)16-15-24-21-17-25-22(18-28)27(21)23(19-11-7-5-8-12-19)20-13-9-6-10-14-20/h5-14,17,23-25H,3-4,15-16H2,1-2H3. The van der Waals surface area contributed by atoms with E-state index in [9.17, 15) is 4.79 Å². The highest BCUT2D eigenvalue weighted by molar-refractivity contribution is 5.55. The highest BCUT2D eigenvalue weighted by Gasteiger charge is 2.31. The molecule has 0 saturated carbocycles. The molecule has 0 saturated heterocycles. The molecule has 0 unspecified atom stereocenters. The lowest BCUT2D eigenvalue weighted by molar-refractivity contribution is 0.292. The lowest BCUT2D eigenvalue weighted by Crippen LogP contribution is -2.37. The monoisotopic (exact) mass is 376 g/mol. The molecule has 146 valence electrons. The molecule has 1 aliphatic heterocycles. The molecule has 5 heteroatoms. The summed E-state index contributed by atoms with van der Waals surface area (Å²) in [6, 6.07) is 20.3. The van der Waals surface area contributed by atoms with Gasteiger partial charge in [-0.25, -0.2) is 4.79 Å². The minimum atomic E-state index is -0.124. The summed E-state index contributed by atoms with van der Waals surface area (Å²) >= 11 is 0. The molecule has 0 spiro atoms. The van der Waals surface area contributed by atoms with E-state index in [-0.39, 0.29) is 6.04 Å². The Morgan fingerprint density at radius 3 is 2.07 bits per heavy atom. The van der Waals surface area contributed by atoms with Crippen molar-refractivity contribution in [2.45, 2.75) is 19.9 Å². The van der Waals surface area contributed by atoms with Gasteiger partial charge in [0.15, 0.2) is 11.8 Å². The highest BCUT2D eigenvalue weighted by Crippen LogP contribution is 2.34. The van der Waals surface area contributed by atoms with Crippen molar-refractivity contribution >= 4 is 5.94 Å². The van der Waals surface area contributed by atoms with Gasteiger partial charge in [-0.3, -0.25) is 4.90 Å². The Kier molecular flexibility index (Phi) is 6.90. The van der Waals surface area contributed by atoms with Crippen molar-refractivity contribution in [3.05, 3.63) is 89.6 Å². The predicted molar refractivity (Wildman–Crippen MR) is 113 cm³/mol. The average molecular weight is 377 g/mol. The first kappa shape index (κ1) is 19.7. The molecule has 0 bridgehead atoms. The molecule has 1 aliphatic rings. The van der Waals surface area contributed by atoms with Gasteiger partial charge in [0.1, 0.15) is 5.82 Å². The van der Waals surface area contributed by atoms with Crippen molar-refractivity contribution in [3.8, 4) is 0 Å². The van der Waals surface area contributed by atoms with E-state index < -0.39 is 0 Å². The van der Waals surface area contributed by atoms with Crippen LogP contribution in [0.2, 0.25) is 0 Å². The summed E-state index contributed by atoms with van der Waals surface area (Å²) in [6.45, 7) is 8.12. The molecular weight excluding hydrogens is 348 g/mol. The predicted octanol–water partition coefficient (Wildman–Crippen LogP) is 3.08. The van der Waals surface area contributed by atoms with Crippen LogP contribution in [0.3, 0.4) is 0 Å². The van der Waals surface area contributed by atoms with Gasteiger partial charge in [-0.2, -0.15) is 0 Å². The Morgan fingerprint density at radius 2 is 1.57 bits per heavy atom. The van der Waals surface area contributed by atoms with Crippen LogP contribution in [0.5, 0.6) is 0 Å². The molecule has 2 N–H and O–H groups in total. The van der Waals surface area contributed by atoms with E-state index in [4.69, 9.17) is 0 Å². The summed E-state index contributed by atoms with van der Waals surface area (Å²) in [6.07, 6.45) is 1.85. The van der Waals surface area contributed by atoms with E-state index >= 15 is 0 Å². The molecule has 0 amide bonds. The van der Waals surface area contributed by atoms with E-state index in [1.807, 2.05) is 47.5 Å². The van der Waals surface area contributed by atoms with Crippen LogP contribution in [0.1, 0.15) is 31.0 Å². The number of likely N-dealkylation sites (N-methyl/N-ethyl adjacent to an activating group) is 1. The van der Waals surface area contributed by atoms with Crippen LogP contribution in [-0.4, -0.2) is 41.9 Å². The molecule has 3 rings (SSSR count). The number of nitrogens with zero attached hydrogens (tertiary/aromatic N) is 2. The summed E-state index contributed by atoms with van der Waals surface area (Å²) in [5.41, 5.74) is 2.23. The normalized spacial score (nSPS) is 13.5. The van der Waals surface area contributed by atoms with Gasteiger partial charge >= 0.3 is 0 Å². The van der Waals surface area contributed by atoms with E-state index in [2.05, 4.69) is 59.6 Å². The Labute approximate surface area is 167 Å². The van der Waals surface area contributed by atoms with Crippen LogP contribution < -0.4 is 10.6 Å². The Bertz CT molecular complexity index is 785. The fraction of sp³-hybridized carbons (Fsp3) is 0.304. The molecule has 0 fully saturated rings. The van der Waals surface area contributed by atoms with E-state index in [1.165, 1.54) is 0 Å². The van der Waals surface area contributed by atoms with Crippen molar-refractivity contribution < 1.29 is 4.79 Å². The fourth-order valence-corrected chi connectivity index (χ4v) is 3.52. The number of carbonyl (C=O) groups excluding carboxylic acids is 1. The van der Waals surface area contributed by atoms with Crippen molar-refractivity contribution in [1.29, 1.82) is 0 Å². The molecular formula is C23H28N4O. The molecule has 0 aromatic heterocycles. The maximum Gasteiger partial charge on any atom is 0.199 e. The van der Waals surface area contributed by atoms with Gasteiger partial charge in [0.2, 0.25) is 0 Å². The third-order valence-electron chi connectivity index (χ3n) is 5.06. The first-order chi connectivity index (χ1) is 13.8. The van der Waals surface area contributed by atoms with Gasteiger partial charge in [0.25, 0.3) is 0 Å². The molecule has 0 aliphatic carbocycles. The molecule has 0 radical (unpaired) electrons. The van der Waals surface area contributed by atoms with Crippen LogP contribution >= 0.6 is 0 Å². The second-order valence-electron chi connectivity index (χ2n) is 6.67. The largest absolute Gasteiger partial charge is 0.369 e.